The molecule has 0 bridgehead atoms. The van der Waals surface area contributed by atoms with Crippen LogP contribution in [0.15, 0.2) is 48.5 Å². The van der Waals surface area contributed by atoms with Gasteiger partial charge in [0.1, 0.15) is 11.5 Å². The summed E-state index contributed by atoms with van der Waals surface area (Å²) in [6, 6.07) is 16.4. The third-order valence-electron chi connectivity index (χ3n) is 3.85. The smallest absolute Gasteiger partial charge is 0.121 e. The average Bonchev–Trinajstić information content (AvgIpc) is 2.63. The second-order valence-corrected chi connectivity index (χ2v) is 6.79. The molecule has 2 aromatic carbocycles. The SMILES string of the molecule is CCCCCOc1ccc(CNc2cccc(OCC(C)C)c2)cc1. The van der Waals surface area contributed by atoms with Crippen molar-refractivity contribution in [1.29, 1.82) is 0 Å². The van der Waals surface area contributed by atoms with E-state index in [-0.39, 0.29) is 0 Å². The second kappa shape index (κ2) is 10.7. The summed E-state index contributed by atoms with van der Waals surface area (Å²) in [7, 11) is 0. The Morgan fingerprint density at radius 3 is 2.44 bits per heavy atom. The predicted molar refractivity (Wildman–Crippen MR) is 106 cm³/mol. The van der Waals surface area contributed by atoms with Gasteiger partial charge in [-0.25, -0.2) is 0 Å². The van der Waals surface area contributed by atoms with Crippen molar-refractivity contribution in [3.8, 4) is 11.5 Å². The number of nitrogens with one attached hydrogen (secondary N) is 1. The van der Waals surface area contributed by atoms with Gasteiger partial charge in [-0.05, 0) is 42.2 Å². The van der Waals surface area contributed by atoms with Gasteiger partial charge in [0, 0.05) is 18.3 Å². The molecular formula is C22H31NO2. The van der Waals surface area contributed by atoms with Gasteiger partial charge in [-0.15, -0.1) is 0 Å². The summed E-state index contributed by atoms with van der Waals surface area (Å²) < 4.78 is 11.5. The molecule has 2 aromatic rings. The molecule has 1 N–H and O–H groups in total. The molecule has 2 rings (SSSR count). The fourth-order valence-corrected chi connectivity index (χ4v) is 2.41. The van der Waals surface area contributed by atoms with Crippen LogP contribution in [0.25, 0.3) is 0 Å². The van der Waals surface area contributed by atoms with Crippen LogP contribution in [-0.4, -0.2) is 13.2 Å². The van der Waals surface area contributed by atoms with Gasteiger partial charge in [-0.1, -0.05) is 51.8 Å². The summed E-state index contributed by atoms with van der Waals surface area (Å²) >= 11 is 0. The predicted octanol–water partition coefficient (Wildman–Crippen LogP) is 5.90. The first kappa shape index (κ1) is 19.2. The summed E-state index contributed by atoms with van der Waals surface area (Å²) in [4.78, 5) is 0. The normalized spacial score (nSPS) is 10.7. The van der Waals surface area contributed by atoms with E-state index in [4.69, 9.17) is 9.47 Å². The molecule has 136 valence electrons. The zero-order valence-electron chi connectivity index (χ0n) is 15.8. The maximum atomic E-state index is 5.77. The summed E-state index contributed by atoms with van der Waals surface area (Å²) in [5.74, 6) is 2.39. The van der Waals surface area contributed by atoms with E-state index in [1.54, 1.807) is 0 Å². The molecule has 0 unspecified atom stereocenters. The molecule has 0 radical (unpaired) electrons. The van der Waals surface area contributed by atoms with Gasteiger partial charge in [0.25, 0.3) is 0 Å². The molecule has 0 amide bonds. The fraction of sp³-hybridized carbons (Fsp3) is 0.455. The number of hydrogen-bond acceptors (Lipinski definition) is 3. The van der Waals surface area contributed by atoms with Crippen LogP contribution in [0.3, 0.4) is 0 Å². The van der Waals surface area contributed by atoms with E-state index >= 15 is 0 Å². The highest BCUT2D eigenvalue weighted by Gasteiger charge is 2.00. The largest absolute Gasteiger partial charge is 0.494 e. The lowest BCUT2D eigenvalue weighted by molar-refractivity contribution is 0.271. The number of unbranched alkanes of at least 4 members (excludes halogenated alkanes) is 2. The van der Waals surface area contributed by atoms with Crippen molar-refractivity contribution in [3.05, 3.63) is 54.1 Å². The Bertz CT molecular complexity index is 608. The lowest BCUT2D eigenvalue weighted by atomic mass is 10.2. The third-order valence-corrected chi connectivity index (χ3v) is 3.85. The Hall–Kier alpha value is -2.16. The molecular weight excluding hydrogens is 310 g/mol. The second-order valence-electron chi connectivity index (χ2n) is 6.79. The molecule has 0 spiro atoms. The van der Waals surface area contributed by atoms with Crippen molar-refractivity contribution < 1.29 is 9.47 Å². The van der Waals surface area contributed by atoms with Gasteiger partial charge in [0.15, 0.2) is 0 Å². The first-order valence-corrected chi connectivity index (χ1v) is 9.36. The standard InChI is InChI=1S/C22H31NO2/c1-4-5-6-14-24-21-12-10-19(11-13-21)16-23-20-8-7-9-22(15-20)25-17-18(2)3/h7-13,15,18,23H,4-6,14,16-17H2,1-3H3. The Balaban J connectivity index is 1.79. The summed E-state index contributed by atoms with van der Waals surface area (Å²) in [6.07, 6.45) is 3.56. The van der Waals surface area contributed by atoms with Crippen LogP contribution >= 0.6 is 0 Å². The van der Waals surface area contributed by atoms with Gasteiger partial charge < -0.3 is 14.8 Å². The van der Waals surface area contributed by atoms with E-state index in [0.717, 1.165) is 43.4 Å². The Labute approximate surface area is 152 Å². The molecule has 0 saturated heterocycles. The van der Waals surface area contributed by atoms with E-state index < -0.39 is 0 Å². The minimum Gasteiger partial charge on any atom is -0.494 e. The Morgan fingerprint density at radius 1 is 0.920 bits per heavy atom. The maximum absolute atomic E-state index is 5.77. The Morgan fingerprint density at radius 2 is 1.72 bits per heavy atom. The van der Waals surface area contributed by atoms with Gasteiger partial charge >= 0.3 is 0 Å². The van der Waals surface area contributed by atoms with E-state index in [0.29, 0.717) is 5.92 Å². The third kappa shape index (κ3) is 7.51. The topological polar surface area (TPSA) is 30.5 Å². The molecule has 0 saturated carbocycles. The molecule has 25 heavy (non-hydrogen) atoms. The highest BCUT2D eigenvalue weighted by atomic mass is 16.5. The van der Waals surface area contributed by atoms with Crippen LogP contribution in [-0.2, 0) is 6.54 Å². The first-order valence-electron chi connectivity index (χ1n) is 9.36. The average molecular weight is 341 g/mol. The molecule has 0 aliphatic carbocycles. The highest BCUT2D eigenvalue weighted by Crippen LogP contribution is 2.19. The van der Waals surface area contributed by atoms with Crippen LogP contribution < -0.4 is 14.8 Å². The van der Waals surface area contributed by atoms with Crippen molar-refractivity contribution in [2.45, 2.75) is 46.6 Å². The van der Waals surface area contributed by atoms with E-state index in [1.165, 1.54) is 18.4 Å². The summed E-state index contributed by atoms with van der Waals surface area (Å²) in [6.45, 7) is 8.83. The van der Waals surface area contributed by atoms with Crippen LogP contribution in [0.2, 0.25) is 0 Å². The number of benzene rings is 2. The van der Waals surface area contributed by atoms with Crippen LogP contribution in [0.4, 0.5) is 5.69 Å². The van der Waals surface area contributed by atoms with Crippen LogP contribution in [0.5, 0.6) is 11.5 Å². The molecule has 0 aromatic heterocycles. The first-order chi connectivity index (χ1) is 12.2. The van der Waals surface area contributed by atoms with Gasteiger partial charge in [0.2, 0.25) is 0 Å². The van der Waals surface area contributed by atoms with Gasteiger partial charge in [0.05, 0.1) is 13.2 Å². The van der Waals surface area contributed by atoms with Crippen molar-refractivity contribution in [1.82, 2.24) is 0 Å². The number of rotatable bonds is 11. The number of ether oxygens (including phenoxy) is 2. The molecule has 0 heterocycles. The molecule has 0 fully saturated rings. The van der Waals surface area contributed by atoms with E-state index in [9.17, 15) is 0 Å². The van der Waals surface area contributed by atoms with Crippen molar-refractivity contribution in [2.75, 3.05) is 18.5 Å². The number of anilines is 1. The molecule has 0 atom stereocenters. The lowest BCUT2D eigenvalue weighted by Crippen LogP contribution is -2.05. The molecule has 3 nitrogen and oxygen atoms in total. The van der Waals surface area contributed by atoms with Crippen molar-refractivity contribution in [2.24, 2.45) is 5.92 Å². The molecule has 0 aliphatic rings. The summed E-state index contributed by atoms with van der Waals surface area (Å²) in [5, 5.41) is 3.45. The van der Waals surface area contributed by atoms with Crippen LogP contribution in [0, 0.1) is 5.92 Å². The highest BCUT2D eigenvalue weighted by molar-refractivity contribution is 5.48. The minimum absolute atomic E-state index is 0.527. The number of hydrogen-bond donors (Lipinski definition) is 1. The summed E-state index contributed by atoms with van der Waals surface area (Å²) in [5.41, 5.74) is 2.30. The zero-order chi connectivity index (χ0) is 17.9. The minimum atomic E-state index is 0.527. The zero-order valence-corrected chi connectivity index (χ0v) is 15.8. The fourth-order valence-electron chi connectivity index (χ4n) is 2.41. The van der Waals surface area contributed by atoms with E-state index in [2.05, 4.69) is 44.3 Å². The lowest BCUT2D eigenvalue weighted by Gasteiger charge is -2.12. The monoisotopic (exact) mass is 341 g/mol. The van der Waals surface area contributed by atoms with Crippen molar-refractivity contribution >= 4 is 5.69 Å². The molecule has 3 heteroatoms. The maximum Gasteiger partial charge on any atom is 0.121 e. The van der Waals surface area contributed by atoms with Gasteiger partial charge in [-0.3, -0.25) is 0 Å². The van der Waals surface area contributed by atoms with E-state index in [1.807, 2.05) is 30.3 Å². The van der Waals surface area contributed by atoms with Crippen LogP contribution in [0.1, 0.15) is 45.6 Å². The quantitative estimate of drug-likeness (QED) is 0.516. The molecule has 0 aliphatic heterocycles. The Kier molecular flexibility index (Phi) is 8.17. The van der Waals surface area contributed by atoms with Crippen molar-refractivity contribution in [3.63, 3.8) is 0 Å². The van der Waals surface area contributed by atoms with Gasteiger partial charge in [-0.2, -0.15) is 0 Å².